The van der Waals surface area contributed by atoms with Crippen LogP contribution in [0.4, 0.5) is 0 Å². The van der Waals surface area contributed by atoms with E-state index in [-0.39, 0.29) is 16.8 Å². The number of hydrogen-bond acceptors (Lipinski definition) is 4. The van der Waals surface area contributed by atoms with Crippen LogP contribution in [0.3, 0.4) is 0 Å². The maximum Gasteiger partial charge on any atom is 0.274 e. The molecular weight excluding hydrogens is 230 g/mol. The zero-order valence-electron chi connectivity index (χ0n) is 8.64. The second-order valence-electron chi connectivity index (χ2n) is 3.77. The summed E-state index contributed by atoms with van der Waals surface area (Å²) in [7, 11) is 0. The van der Waals surface area contributed by atoms with E-state index in [0.717, 1.165) is 12.8 Å². The van der Waals surface area contributed by atoms with Gasteiger partial charge >= 0.3 is 0 Å². The largest absolute Gasteiger partial charge is 0.391 e. The molecule has 0 aliphatic carbocycles. The molecular formula is C10H12ClN3O2. The molecule has 6 heteroatoms. The van der Waals surface area contributed by atoms with Crippen LogP contribution in [0.5, 0.6) is 0 Å². The molecule has 1 aliphatic heterocycles. The van der Waals surface area contributed by atoms with Gasteiger partial charge in [0.1, 0.15) is 10.8 Å². The van der Waals surface area contributed by atoms with E-state index in [1.54, 1.807) is 4.90 Å². The third kappa shape index (κ3) is 2.48. The predicted octanol–water partition coefficient (Wildman–Crippen LogP) is 0.727. The van der Waals surface area contributed by atoms with Gasteiger partial charge in [-0.3, -0.25) is 9.78 Å². The zero-order valence-corrected chi connectivity index (χ0v) is 9.39. The van der Waals surface area contributed by atoms with Gasteiger partial charge < -0.3 is 10.0 Å². The fraction of sp³-hybridized carbons (Fsp3) is 0.500. The van der Waals surface area contributed by atoms with E-state index in [9.17, 15) is 9.90 Å². The lowest BCUT2D eigenvalue weighted by atomic mass is 10.1. The molecule has 1 saturated heterocycles. The van der Waals surface area contributed by atoms with Gasteiger partial charge in [-0.2, -0.15) is 0 Å². The van der Waals surface area contributed by atoms with Crippen LogP contribution in [-0.4, -0.2) is 45.1 Å². The summed E-state index contributed by atoms with van der Waals surface area (Å²) in [4.78, 5) is 21.2. The Morgan fingerprint density at radius 1 is 1.56 bits per heavy atom. The van der Waals surface area contributed by atoms with E-state index in [0.29, 0.717) is 13.1 Å². The van der Waals surface area contributed by atoms with E-state index in [4.69, 9.17) is 11.6 Å². The monoisotopic (exact) mass is 241 g/mol. The number of aromatic nitrogens is 2. The third-order valence-electron chi connectivity index (χ3n) is 2.51. The topological polar surface area (TPSA) is 66.3 Å². The van der Waals surface area contributed by atoms with Gasteiger partial charge in [-0.15, -0.1) is 0 Å². The first kappa shape index (κ1) is 11.3. The van der Waals surface area contributed by atoms with Gasteiger partial charge in [0.25, 0.3) is 5.91 Å². The van der Waals surface area contributed by atoms with Crippen molar-refractivity contribution in [3.8, 4) is 0 Å². The molecule has 0 saturated carbocycles. The number of carbonyl (C=O) groups excluding carboxylic acids is 1. The van der Waals surface area contributed by atoms with E-state index < -0.39 is 6.10 Å². The Labute approximate surface area is 98.1 Å². The lowest BCUT2D eigenvalue weighted by molar-refractivity contribution is 0.0468. The van der Waals surface area contributed by atoms with Crippen molar-refractivity contribution in [2.24, 2.45) is 0 Å². The normalized spacial score (nSPS) is 20.9. The fourth-order valence-electron chi connectivity index (χ4n) is 1.75. The van der Waals surface area contributed by atoms with Crippen LogP contribution in [0.2, 0.25) is 5.15 Å². The molecule has 1 aromatic heterocycles. The van der Waals surface area contributed by atoms with Crippen molar-refractivity contribution >= 4 is 17.5 Å². The van der Waals surface area contributed by atoms with Crippen molar-refractivity contribution in [3.63, 3.8) is 0 Å². The van der Waals surface area contributed by atoms with Gasteiger partial charge in [-0.25, -0.2) is 4.98 Å². The number of likely N-dealkylation sites (tertiary alicyclic amines) is 1. The molecule has 16 heavy (non-hydrogen) atoms. The minimum absolute atomic E-state index is 0.198. The highest BCUT2D eigenvalue weighted by molar-refractivity contribution is 6.29. The zero-order chi connectivity index (χ0) is 11.5. The lowest BCUT2D eigenvalue weighted by Gasteiger charge is -2.29. The first-order chi connectivity index (χ1) is 7.66. The van der Waals surface area contributed by atoms with Crippen LogP contribution in [0.25, 0.3) is 0 Å². The first-order valence-corrected chi connectivity index (χ1v) is 5.49. The van der Waals surface area contributed by atoms with Crippen molar-refractivity contribution in [2.45, 2.75) is 18.9 Å². The van der Waals surface area contributed by atoms with E-state index in [1.807, 2.05) is 0 Å². The smallest absolute Gasteiger partial charge is 0.274 e. The Balaban J connectivity index is 2.12. The summed E-state index contributed by atoms with van der Waals surface area (Å²) in [5.41, 5.74) is 0.224. The molecule has 0 spiro atoms. The summed E-state index contributed by atoms with van der Waals surface area (Å²) in [6.07, 6.45) is 3.87. The van der Waals surface area contributed by atoms with Gasteiger partial charge in [-0.1, -0.05) is 11.6 Å². The van der Waals surface area contributed by atoms with Crippen molar-refractivity contribution in [1.82, 2.24) is 14.9 Å². The van der Waals surface area contributed by atoms with Crippen LogP contribution in [0.15, 0.2) is 12.4 Å². The summed E-state index contributed by atoms with van der Waals surface area (Å²) >= 11 is 5.66. The SMILES string of the molecule is O=C(c1cncc(Cl)n1)N1CCCC(O)C1. The lowest BCUT2D eigenvalue weighted by Crippen LogP contribution is -2.42. The van der Waals surface area contributed by atoms with E-state index in [2.05, 4.69) is 9.97 Å². The van der Waals surface area contributed by atoms with Gasteiger partial charge in [0.2, 0.25) is 0 Å². The van der Waals surface area contributed by atoms with E-state index in [1.165, 1.54) is 12.4 Å². The highest BCUT2D eigenvalue weighted by atomic mass is 35.5. The van der Waals surface area contributed by atoms with Crippen molar-refractivity contribution in [3.05, 3.63) is 23.2 Å². The number of rotatable bonds is 1. The summed E-state index contributed by atoms with van der Waals surface area (Å²) in [6.45, 7) is 0.997. The highest BCUT2D eigenvalue weighted by Crippen LogP contribution is 2.13. The Morgan fingerprint density at radius 2 is 2.38 bits per heavy atom. The van der Waals surface area contributed by atoms with Crippen LogP contribution >= 0.6 is 11.6 Å². The average Bonchev–Trinajstić information content (AvgIpc) is 2.28. The Hall–Kier alpha value is -1.20. The third-order valence-corrected chi connectivity index (χ3v) is 2.69. The Kier molecular flexibility index (Phi) is 3.36. The molecule has 1 aliphatic rings. The molecule has 1 fully saturated rings. The second kappa shape index (κ2) is 4.76. The summed E-state index contributed by atoms with van der Waals surface area (Å²) in [6, 6.07) is 0. The fourth-order valence-corrected chi connectivity index (χ4v) is 1.89. The molecule has 2 heterocycles. The number of aliphatic hydroxyl groups is 1. The number of nitrogens with zero attached hydrogens (tertiary/aromatic N) is 3. The quantitative estimate of drug-likeness (QED) is 0.787. The second-order valence-corrected chi connectivity index (χ2v) is 4.16. The molecule has 1 aromatic rings. The summed E-state index contributed by atoms with van der Waals surface area (Å²) < 4.78 is 0. The minimum atomic E-state index is -0.440. The molecule has 5 nitrogen and oxygen atoms in total. The van der Waals surface area contributed by atoms with Crippen molar-refractivity contribution in [1.29, 1.82) is 0 Å². The van der Waals surface area contributed by atoms with Gasteiger partial charge in [0.05, 0.1) is 18.5 Å². The number of piperidine rings is 1. The highest BCUT2D eigenvalue weighted by Gasteiger charge is 2.24. The molecule has 2 rings (SSSR count). The van der Waals surface area contributed by atoms with Crippen LogP contribution in [-0.2, 0) is 0 Å². The number of aliphatic hydroxyl groups excluding tert-OH is 1. The summed E-state index contributed by atoms with van der Waals surface area (Å²) in [5, 5.41) is 9.67. The number of amides is 1. The van der Waals surface area contributed by atoms with Gasteiger partial charge in [-0.05, 0) is 12.8 Å². The van der Waals surface area contributed by atoms with Crippen molar-refractivity contribution in [2.75, 3.05) is 13.1 Å². The molecule has 0 bridgehead atoms. The Morgan fingerprint density at radius 3 is 3.06 bits per heavy atom. The number of carbonyl (C=O) groups is 1. The molecule has 0 radical (unpaired) electrons. The van der Waals surface area contributed by atoms with E-state index >= 15 is 0 Å². The maximum atomic E-state index is 12.0. The molecule has 1 atom stereocenters. The number of hydrogen-bond donors (Lipinski definition) is 1. The van der Waals surface area contributed by atoms with Gasteiger partial charge in [0, 0.05) is 13.1 Å². The maximum absolute atomic E-state index is 12.0. The number of halogens is 1. The molecule has 1 unspecified atom stereocenters. The minimum Gasteiger partial charge on any atom is -0.391 e. The predicted molar refractivity (Wildman–Crippen MR) is 58.2 cm³/mol. The van der Waals surface area contributed by atoms with Crippen LogP contribution < -0.4 is 0 Å². The Bertz CT molecular complexity index is 399. The number of β-amino-alcohol motifs (C(OH)–C–C–N with tert-alkyl or cyclic N) is 1. The average molecular weight is 242 g/mol. The summed E-state index contributed by atoms with van der Waals surface area (Å²) in [5.74, 6) is -0.228. The first-order valence-electron chi connectivity index (χ1n) is 5.11. The van der Waals surface area contributed by atoms with Gasteiger partial charge in [0.15, 0.2) is 0 Å². The van der Waals surface area contributed by atoms with Crippen LogP contribution in [0, 0.1) is 0 Å². The van der Waals surface area contributed by atoms with Crippen molar-refractivity contribution < 1.29 is 9.90 Å². The van der Waals surface area contributed by atoms with Crippen LogP contribution in [0.1, 0.15) is 23.3 Å². The molecule has 1 amide bonds. The molecule has 1 N–H and O–H groups in total. The molecule has 86 valence electrons. The standard InChI is InChI=1S/C10H12ClN3O2/c11-9-5-12-4-8(13-9)10(16)14-3-1-2-7(15)6-14/h4-5,7,15H,1-3,6H2. The molecule has 0 aromatic carbocycles.